The highest BCUT2D eigenvalue weighted by Gasteiger charge is 2.24. The number of hydrogen-bond acceptors (Lipinski definition) is 4. The number of amides is 1. The number of nitrogens with one attached hydrogen (secondary N) is 2. The molecule has 0 fully saturated rings. The largest absolute Gasteiger partial charge is 0.479 e. The molecule has 1 heterocycles. The Bertz CT molecular complexity index is 928. The first-order chi connectivity index (χ1) is 11.3. The first kappa shape index (κ1) is 16.3. The third-order valence-corrected chi connectivity index (χ3v) is 5.13. The molecule has 0 saturated carbocycles. The van der Waals surface area contributed by atoms with Crippen LogP contribution in [0, 0.1) is 12.7 Å². The van der Waals surface area contributed by atoms with Crippen molar-refractivity contribution in [2.24, 2.45) is 0 Å². The smallest absolute Gasteiger partial charge is 0.265 e. The van der Waals surface area contributed by atoms with Crippen molar-refractivity contribution in [3.8, 4) is 5.75 Å². The topological polar surface area (TPSA) is 84.5 Å². The summed E-state index contributed by atoms with van der Waals surface area (Å²) in [4.78, 5) is 11.6. The number of aryl methyl sites for hydroxylation is 1. The van der Waals surface area contributed by atoms with Crippen molar-refractivity contribution in [1.82, 2.24) is 0 Å². The minimum Gasteiger partial charge on any atom is -0.479 e. The molecule has 1 unspecified atom stereocenters. The van der Waals surface area contributed by atoms with E-state index in [4.69, 9.17) is 4.74 Å². The zero-order valence-corrected chi connectivity index (χ0v) is 13.8. The van der Waals surface area contributed by atoms with E-state index in [0.717, 1.165) is 12.1 Å². The summed E-state index contributed by atoms with van der Waals surface area (Å²) < 4.78 is 45.9. The Kier molecular flexibility index (Phi) is 3.92. The average molecular weight is 350 g/mol. The number of sulfonamides is 1. The molecule has 1 aliphatic heterocycles. The number of halogens is 1. The summed E-state index contributed by atoms with van der Waals surface area (Å²) in [7, 11) is -3.88. The second-order valence-corrected chi connectivity index (χ2v) is 7.13. The summed E-state index contributed by atoms with van der Waals surface area (Å²) in [5.74, 6) is -0.353. The van der Waals surface area contributed by atoms with Gasteiger partial charge in [-0.3, -0.25) is 9.52 Å². The molecule has 2 aromatic carbocycles. The summed E-state index contributed by atoms with van der Waals surface area (Å²) in [6.07, 6.45) is -0.609. The van der Waals surface area contributed by atoms with E-state index in [1.54, 1.807) is 13.0 Å². The van der Waals surface area contributed by atoms with Gasteiger partial charge in [-0.25, -0.2) is 12.8 Å². The fourth-order valence-electron chi connectivity index (χ4n) is 2.40. The molecule has 126 valence electrons. The fourth-order valence-corrected chi connectivity index (χ4v) is 3.67. The predicted molar refractivity (Wildman–Crippen MR) is 87.1 cm³/mol. The Morgan fingerprint density at radius 1 is 1.21 bits per heavy atom. The third-order valence-electron chi connectivity index (χ3n) is 3.59. The molecule has 0 bridgehead atoms. The number of fused-ring (bicyclic) bond motifs is 1. The predicted octanol–water partition coefficient (Wildman–Crippen LogP) is 2.65. The van der Waals surface area contributed by atoms with Gasteiger partial charge in [-0.05, 0) is 55.8 Å². The Morgan fingerprint density at radius 2 is 1.96 bits per heavy atom. The van der Waals surface area contributed by atoms with Gasteiger partial charge >= 0.3 is 0 Å². The van der Waals surface area contributed by atoms with Crippen LogP contribution in [-0.2, 0) is 14.8 Å². The van der Waals surface area contributed by atoms with Crippen molar-refractivity contribution in [2.45, 2.75) is 24.8 Å². The Hall–Kier alpha value is -2.61. The van der Waals surface area contributed by atoms with Crippen LogP contribution in [0.5, 0.6) is 5.75 Å². The van der Waals surface area contributed by atoms with Crippen LogP contribution in [0.3, 0.4) is 0 Å². The van der Waals surface area contributed by atoms with Crippen molar-refractivity contribution < 1.29 is 22.3 Å². The van der Waals surface area contributed by atoms with Crippen molar-refractivity contribution in [3.63, 3.8) is 0 Å². The Morgan fingerprint density at radius 3 is 2.67 bits per heavy atom. The summed E-state index contributed by atoms with van der Waals surface area (Å²) in [5, 5.41) is 2.65. The van der Waals surface area contributed by atoms with Gasteiger partial charge in [-0.15, -0.1) is 0 Å². The quantitative estimate of drug-likeness (QED) is 0.891. The second-order valence-electron chi connectivity index (χ2n) is 5.48. The molecule has 1 amide bonds. The van der Waals surface area contributed by atoms with Crippen LogP contribution >= 0.6 is 0 Å². The summed E-state index contributed by atoms with van der Waals surface area (Å²) in [5.41, 5.74) is 0.941. The van der Waals surface area contributed by atoms with Crippen molar-refractivity contribution >= 4 is 27.3 Å². The van der Waals surface area contributed by atoms with Crippen molar-refractivity contribution in [3.05, 3.63) is 47.8 Å². The van der Waals surface area contributed by atoms with E-state index < -0.39 is 21.9 Å². The van der Waals surface area contributed by atoms with Crippen LogP contribution in [0.2, 0.25) is 0 Å². The summed E-state index contributed by atoms with van der Waals surface area (Å²) in [6.45, 7) is 3.13. The van der Waals surface area contributed by atoms with Gasteiger partial charge in [0.1, 0.15) is 11.6 Å². The highest BCUT2D eigenvalue weighted by molar-refractivity contribution is 7.92. The first-order valence-electron chi connectivity index (χ1n) is 7.17. The lowest BCUT2D eigenvalue weighted by Gasteiger charge is -2.23. The van der Waals surface area contributed by atoms with Gasteiger partial charge in [-0.1, -0.05) is 0 Å². The minimum atomic E-state index is -3.88. The van der Waals surface area contributed by atoms with Gasteiger partial charge in [0.15, 0.2) is 6.10 Å². The van der Waals surface area contributed by atoms with Gasteiger partial charge in [0.05, 0.1) is 16.3 Å². The molecule has 0 aromatic heterocycles. The van der Waals surface area contributed by atoms with E-state index in [1.165, 1.54) is 25.1 Å². The second kappa shape index (κ2) is 5.79. The lowest BCUT2D eigenvalue weighted by molar-refractivity contribution is -0.122. The zero-order chi connectivity index (χ0) is 17.5. The maximum atomic E-state index is 13.2. The van der Waals surface area contributed by atoms with Crippen LogP contribution in [0.25, 0.3) is 0 Å². The number of hydrogen-bond donors (Lipinski definition) is 2. The molecule has 3 rings (SSSR count). The SMILES string of the molecule is Cc1cc(F)ccc1S(=O)(=O)Nc1ccc2c(c1)NC(=O)C(C)O2. The van der Waals surface area contributed by atoms with Crippen LogP contribution in [-0.4, -0.2) is 20.4 Å². The lowest BCUT2D eigenvalue weighted by atomic mass is 10.2. The highest BCUT2D eigenvalue weighted by atomic mass is 32.2. The number of carbonyl (C=O) groups excluding carboxylic acids is 1. The van der Waals surface area contributed by atoms with E-state index in [0.29, 0.717) is 17.0 Å². The standard InChI is InChI=1S/C16H15FN2O4S/c1-9-7-11(17)3-6-15(9)24(21,22)19-12-4-5-14-13(8-12)18-16(20)10(2)23-14/h3-8,10,19H,1-2H3,(H,18,20). The van der Waals surface area contributed by atoms with Crippen molar-refractivity contribution in [2.75, 3.05) is 10.0 Å². The van der Waals surface area contributed by atoms with E-state index >= 15 is 0 Å². The molecule has 1 atom stereocenters. The monoisotopic (exact) mass is 350 g/mol. The van der Waals surface area contributed by atoms with Gasteiger partial charge in [0, 0.05) is 0 Å². The molecule has 0 saturated heterocycles. The third kappa shape index (κ3) is 3.05. The average Bonchev–Trinajstić information content (AvgIpc) is 2.48. The Labute approximate surface area is 138 Å². The maximum Gasteiger partial charge on any atom is 0.265 e. The number of anilines is 2. The molecule has 6 nitrogen and oxygen atoms in total. The van der Waals surface area contributed by atoms with E-state index in [1.807, 2.05) is 0 Å². The van der Waals surface area contributed by atoms with Gasteiger partial charge < -0.3 is 10.1 Å². The zero-order valence-electron chi connectivity index (χ0n) is 13.0. The molecule has 0 aliphatic carbocycles. The summed E-state index contributed by atoms with van der Waals surface area (Å²) >= 11 is 0. The van der Waals surface area contributed by atoms with E-state index in [9.17, 15) is 17.6 Å². The molecule has 24 heavy (non-hydrogen) atoms. The summed E-state index contributed by atoms with van der Waals surface area (Å²) in [6, 6.07) is 8.01. The molecular formula is C16H15FN2O4S. The maximum absolute atomic E-state index is 13.2. The molecule has 2 N–H and O–H groups in total. The van der Waals surface area contributed by atoms with Gasteiger partial charge in [0.2, 0.25) is 0 Å². The normalized spacial score (nSPS) is 16.8. The van der Waals surface area contributed by atoms with Crippen LogP contribution in [0.1, 0.15) is 12.5 Å². The lowest BCUT2D eigenvalue weighted by Crippen LogP contribution is -2.34. The first-order valence-corrected chi connectivity index (χ1v) is 8.65. The van der Waals surface area contributed by atoms with Crippen molar-refractivity contribution in [1.29, 1.82) is 0 Å². The molecule has 0 spiro atoms. The number of carbonyl (C=O) groups is 1. The Balaban J connectivity index is 1.91. The van der Waals surface area contributed by atoms with E-state index in [-0.39, 0.29) is 16.5 Å². The fraction of sp³-hybridized carbons (Fsp3) is 0.188. The van der Waals surface area contributed by atoms with Crippen LogP contribution in [0.15, 0.2) is 41.3 Å². The highest BCUT2D eigenvalue weighted by Crippen LogP contribution is 2.33. The van der Waals surface area contributed by atoms with Gasteiger partial charge in [0.25, 0.3) is 15.9 Å². The molecule has 1 aliphatic rings. The number of rotatable bonds is 3. The number of ether oxygens (including phenoxy) is 1. The molecule has 0 radical (unpaired) electrons. The molecule has 2 aromatic rings. The van der Waals surface area contributed by atoms with Gasteiger partial charge in [-0.2, -0.15) is 0 Å². The van der Waals surface area contributed by atoms with E-state index in [2.05, 4.69) is 10.0 Å². The van der Waals surface area contributed by atoms with Crippen LogP contribution < -0.4 is 14.8 Å². The minimum absolute atomic E-state index is 0.0180. The molecular weight excluding hydrogens is 335 g/mol. The van der Waals surface area contributed by atoms with Crippen LogP contribution in [0.4, 0.5) is 15.8 Å². The molecule has 8 heteroatoms. The number of benzene rings is 2.